The summed E-state index contributed by atoms with van der Waals surface area (Å²) in [7, 11) is 0. The molecule has 6 aromatic carbocycles. The molecule has 508 valence electrons. The van der Waals surface area contributed by atoms with E-state index in [2.05, 4.69) is 142 Å². The Hall–Kier alpha value is -7.58. The number of phenolic OH excluding ortho intramolecular Hbond substituents is 2. The second kappa shape index (κ2) is 31.8. The van der Waals surface area contributed by atoms with Crippen LogP contribution in [0.1, 0.15) is 150 Å². The van der Waals surface area contributed by atoms with Gasteiger partial charge in [0.25, 0.3) is 11.8 Å². The van der Waals surface area contributed by atoms with Gasteiger partial charge in [0.05, 0.1) is 79.3 Å². The fourth-order valence-electron chi connectivity index (χ4n) is 11.2. The molecule has 2 heterocycles. The first-order valence-electron chi connectivity index (χ1n) is 32.9. The Kier molecular flexibility index (Phi) is 23.9. The number of phenols is 2. The molecule has 0 spiro atoms. The van der Waals surface area contributed by atoms with E-state index < -0.39 is 11.8 Å². The zero-order valence-electron chi connectivity index (χ0n) is 57.2. The lowest BCUT2D eigenvalue weighted by Gasteiger charge is -2.28. The number of hydrogen-bond donors (Lipinski definition) is 4. The lowest BCUT2D eigenvalue weighted by Crippen LogP contribution is -2.22. The van der Waals surface area contributed by atoms with Crippen molar-refractivity contribution in [2.75, 3.05) is 130 Å². The number of aromatic hydroxyl groups is 2. The number of carbonyl (C=O) groups is 2. The van der Waals surface area contributed by atoms with Gasteiger partial charge in [0, 0.05) is 49.2 Å². The molecule has 3 aliphatic rings. The number of anilines is 2. The van der Waals surface area contributed by atoms with Crippen molar-refractivity contribution in [1.29, 1.82) is 0 Å². The Bertz CT molecular complexity index is 3240. The average Bonchev–Trinajstić information content (AvgIpc) is 0.770. The van der Waals surface area contributed by atoms with Gasteiger partial charge in [-0.2, -0.15) is 0 Å². The normalized spacial score (nSPS) is 16.2. The summed E-state index contributed by atoms with van der Waals surface area (Å²) in [4.78, 5) is 28.7. The Morgan fingerprint density at radius 2 is 0.574 bits per heavy atom. The standard InChI is InChI=1S/C76H98N2O16/c1-73(2,3)57-37-49-33-53-41-59(75(7,8)9)43-55(71(53)93-47-67(79)77-61-13-15-63-65(45-61)91-31-27-87-23-19-83-17-21-85-25-29-89-63)35-51-39-58(74(4,5)6)40-52(70(51)82)36-56-44-60(76(10,11)12)42-54(34-50(38-57)69(49)81)72(56)94-48-68(80)78-62-14-16-64-66(46-62)92-32-28-88-24-20-84-18-22-86-26-30-90-64/h13-16,37-46,81-82H,17-36,47-48H2,1-12H3,(H,77,79)(H,78,80). The molecule has 0 radical (unpaired) electrons. The predicted octanol–water partition coefficient (Wildman–Crippen LogP) is 12.6. The van der Waals surface area contributed by atoms with Crippen molar-refractivity contribution in [3.8, 4) is 46.0 Å². The topological polar surface area (TPSA) is 209 Å². The van der Waals surface area contributed by atoms with E-state index in [4.69, 9.17) is 56.8 Å². The second-order valence-corrected chi connectivity index (χ2v) is 28.3. The zero-order valence-corrected chi connectivity index (χ0v) is 57.2. The number of amides is 2. The van der Waals surface area contributed by atoms with E-state index in [1.165, 1.54) is 0 Å². The molecule has 9 rings (SSSR count). The van der Waals surface area contributed by atoms with Crippen LogP contribution in [-0.2, 0) is 85.4 Å². The van der Waals surface area contributed by atoms with Gasteiger partial charge < -0.3 is 77.7 Å². The summed E-state index contributed by atoms with van der Waals surface area (Å²) in [5.74, 6) is 2.15. The molecule has 0 unspecified atom stereocenters. The fourth-order valence-corrected chi connectivity index (χ4v) is 11.2. The monoisotopic (exact) mass is 1290 g/mol. The van der Waals surface area contributed by atoms with Crippen molar-refractivity contribution < 1.29 is 76.6 Å². The van der Waals surface area contributed by atoms with Crippen molar-refractivity contribution in [2.45, 2.75) is 130 Å². The van der Waals surface area contributed by atoms with Crippen LogP contribution in [0.3, 0.4) is 0 Å². The fraction of sp³-hybridized carbons (Fsp3) is 0.500. The van der Waals surface area contributed by atoms with Gasteiger partial charge in [0.2, 0.25) is 0 Å². The van der Waals surface area contributed by atoms with E-state index in [1.54, 1.807) is 36.4 Å². The van der Waals surface area contributed by atoms with Crippen LogP contribution in [0.2, 0.25) is 0 Å². The molecule has 0 atom stereocenters. The van der Waals surface area contributed by atoms with E-state index in [1.807, 2.05) is 0 Å². The number of carbonyl (C=O) groups excluding carboxylic acids is 2. The third kappa shape index (κ3) is 19.8. The summed E-state index contributed by atoms with van der Waals surface area (Å²) in [6.07, 6.45) is 0.866. The molecule has 2 aliphatic heterocycles. The molecule has 4 N–H and O–H groups in total. The molecule has 0 fully saturated rings. The number of hydrogen-bond acceptors (Lipinski definition) is 16. The van der Waals surface area contributed by atoms with Crippen LogP contribution >= 0.6 is 0 Å². The van der Waals surface area contributed by atoms with Crippen LogP contribution in [0.4, 0.5) is 11.4 Å². The summed E-state index contributed by atoms with van der Waals surface area (Å²) >= 11 is 0. The summed E-state index contributed by atoms with van der Waals surface area (Å²) in [5, 5.41) is 32.0. The quantitative estimate of drug-likeness (QED) is 0.111. The molecule has 18 heteroatoms. The molecule has 0 saturated heterocycles. The number of rotatable bonds is 8. The SMILES string of the molecule is CC(C)(C)c1cc2c(O)c(c1)Cc1cc(C(C)(C)C)cc(c1OCC(=O)Nc1ccc3c(c1)OCCOCCOCCOCCO3)Cc1cc(C(C)(C)C)cc(c1O)Cc1cc(C(C)(C)C)cc(c1OCC(=O)Nc1ccc3c(c1)OCCOCCOCCOCCO3)C2. The molecule has 6 aromatic rings. The summed E-state index contributed by atoms with van der Waals surface area (Å²) < 4.78 is 72.0. The zero-order chi connectivity index (χ0) is 67.2. The van der Waals surface area contributed by atoms with Crippen molar-refractivity contribution in [1.82, 2.24) is 0 Å². The summed E-state index contributed by atoms with van der Waals surface area (Å²) in [6.45, 7) is 31.0. The minimum atomic E-state index is -0.422. The summed E-state index contributed by atoms with van der Waals surface area (Å²) in [6, 6.07) is 27.2. The maximum absolute atomic E-state index is 14.4. The van der Waals surface area contributed by atoms with Gasteiger partial charge in [0.1, 0.15) is 49.4 Å². The lowest BCUT2D eigenvalue weighted by atomic mass is 9.79. The number of nitrogens with one attached hydrogen (secondary N) is 2. The molecule has 0 aromatic heterocycles. The highest BCUT2D eigenvalue weighted by atomic mass is 16.6. The smallest absolute Gasteiger partial charge is 0.262 e. The predicted molar refractivity (Wildman–Crippen MR) is 363 cm³/mol. The van der Waals surface area contributed by atoms with Gasteiger partial charge in [0.15, 0.2) is 36.2 Å². The van der Waals surface area contributed by atoms with Gasteiger partial charge in [-0.1, -0.05) is 132 Å². The molecule has 1 aliphatic carbocycles. The summed E-state index contributed by atoms with van der Waals surface area (Å²) in [5.41, 5.74) is 9.12. The van der Waals surface area contributed by atoms with E-state index in [-0.39, 0.29) is 98.5 Å². The third-order valence-electron chi connectivity index (χ3n) is 16.6. The van der Waals surface area contributed by atoms with E-state index in [0.29, 0.717) is 147 Å². The van der Waals surface area contributed by atoms with Crippen molar-refractivity contribution >= 4 is 23.2 Å². The Morgan fingerprint density at radius 1 is 0.340 bits per heavy atom. The first-order valence-corrected chi connectivity index (χ1v) is 32.9. The highest BCUT2D eigenvalue weighted by Crippen LogP contribution is 2.44. The van der Waals surface area contributed by atoms with Gasteiger partial charge in [-0.3, -0.25) is 9.59 Å². The average molecular weight is 1300 g/mol. The Morgan fingerprint density at radius 3 is 0.830 bits per heavy atom. The number of benzene rings is 6. The molecular formula is C76H98N2O16. The van der Waals surface area contributed by atoms with Crippen LogP contribution in [0, 0.1) is 0 Å². The highest BCUT2D eigenvalue weighted by molar-refractivity contribution is 5.93. The maximum atomic E-state index is 14.4. The molecular weight excluding hydrogens is 1200 g/mol. The van der Waals surface area contributed by atoms with Crippen molar-refractivity contribution in [3.63, 3.8) is 0 Å². The van der Waals surface area contributed by atoms with E-state index in [9.17, 15) is 19.8 Å². The first-order chi connectivity index (χ1) is 44.8. The van der Waals surface area contributed by atoms with Gasteiger partial charge >= 0.3 is 0 Å². The van der Waals surface area contributed by atoms with Crippen LogP contribution in [0.15, 0.2) is 84.9 Å². The van der Waals surface area contributed by atoms with Crippen LogP contribution in [0.25, 0.3) is 0 Å². The molecule has 8 bridgehead atoms. The number of ether oxygens (including phenoxy) is 12. The lowest BCUT2D eigenvalue weighted by molar-refractivity contribution is -0.118. The van der Waals surface area contributed by atoms with Crippen molar-refractivity contribution in [2.24, 2.45) is 0 Å². The van der Waals surface area contributed by atoms with Crippen molar-refractivity contribution in [3.05, 3.63) is 152 Å². The third-order valence-corrected chi connectivity index (χ3v) is 16.6. The van der Waals surface area contributed by atoms with E-state index >= 15 is 0 Å². The van der Waals surface area contributed by atoms with Crippen LogP contribution < -0.4 is 39.1 Å². The number of fused-ring (bicyclic) bond motifs is 10. The first kappa shape index (κ1) is 70.7. The minimum Gasteiger partial charge on any atom is -0.507 e. The van der Waals surface area contributed by atoms with Crippen LogP contribution in [-0.4, -0.2) is 141 Å². The Labute approximate surface area is 555 Å². The van der Waals surface area contributed by atoms with Gasteiger partial charge in [-0.15, -0.1) is 0 Å². The molecule has 94 heavy (non-hydrogen) atoms. The van der Waals surface area contributed by atoms with Gasteiger partial charge in [-0.05, 0) is 113 Å². The molecule has 2 amide bonds. The van der Waals surface area contributed by atoms with Crippen LogP contribution in [0.5, 0.6) is 46.0 Å². The minimum absolute atomic E-state index is 0.102. The molecule has 18 nitrogen and oxygen atoms in total. The maximum Gasteiger partial charge on any atom is 0.262 e. The largest absolute Gasteiger partial charge is 0.507 e. The molecule has 0 saturated carbocycles. The van der Waals surface area contributed by atoms with E-state index in [0.717, 1.165) is 44.5 Å². The van der Waals surface area contributed by atoms with Gasteiger partial charge in [-0.25, -0.2) is 0 Å². The Balaban J connectivity index is 1.11. The highest BCUT2D eigenvalue weighted by Gasteiger charge is 2.30. The second-order valence-electron chi connectivity index (χ2n) is 28.3.